The van der Waals surface area contributed by atoms with Crippen molar-refractivity contribution in [2.45, 2.75) is 31.9 Å². The second-order valence-electron chi connectivity index (χ2n) is 5.65. The van der Waals surface area contributed by atoms with Gasteiger partial charge in [0.1, 0.15) is 6.61 Å². The van der Waals surface area contributed by atoms with Gasteiger partial charge in [-0.25, -0.2) is 0 Å². The Labute approximate surface area is 128 Å². The van der Waals surface area contributed by atoms with E-state index in [1.165, 1.54) is 0 Å². The van der Waals surface area contributed by atoms with Crippen molar-refractivity contribution in [3.8, 4) is 0 Å². The molecular weight excluding hydrogens is 309 g/mol. The van der Waals surface area contributed by atoms with Gasteiger partial charge in [0.15, 0.2) is 0 Å². The highest BCUT2D eigenvalue weighted by atomic mass is 35.5. The van der Waals surface area contributed by atoms with E-state index in [1.54, 1.807) is 0 Å². The first-order valence-corrected chi connectivity index (χ1v) is 7.07. The number of nitrogens with one attached hydrogen (secondary N) is 2. The molecule has 2 fully saturated rings. The zero-order chi connectivity index (χ0) is 14.6. The lowest BCUT2D eigenvalue weighted by atomic mass is 9.67. The summed E-state index contributed by atoms with van der Waals surface area (Å²) < 4.78 is 40.1. The molecule has 0 spiro atoms. The first-order valence-electron chi connectivity index (χ1n) is 7.07. The van der Waals surface area contributed by atoms with Gasteiger partial charge in [0.25, 0.3) is 0 Å². The van der Waals surface area contributed by atoms with Gasteiger partial charge in [-0.1, -0.05) is 12.8 Å². The van der Waals surface area contributed by atoms with Crippen molar-refractivity contribution < 1.29 is 22.7 Å². The van der Waals surface area contributed by atoms with Crippen LogP contribution >= 0.6 is 12.4 Å². The van der Waals surface area contributed by atoms with E-state index in [9.17, 15) is 18.0 Å². The highest BCUT2D eigenvalue weighted by molar-refractivity contribution is 5.85. The fourth-order valence-corrected chi connectivity index (χ4v) is 3.29. The molecule has 0 bridgehead atoms. The van der Waals surface area contributed by atoms with Crippen LogP contribution < -0.4 is 10.6 Å². The SMILES string of the molecule is Cl.O=C(NCCOCC(F)(F)F)[C@@]12CCCC[C@H]1CNC2. The minimum Gasteiger partial charge on any atom is -0.370 e. The molecule has 1 amide bonds. The summed E-state index contributed by atoms with van der Waals surface area (Å²) >= 11 is 0. The van der Waals surface area contributed by atoms with E-state index in [-0.39, 0.29) is 36.9 Å². The van der Waals surface area contributed by atoms with Crippen molar-refractivity contribution in [2.24, 2.45) is 11.3 Å². The smallest absolute Gasteiger partial charge is 0.370 e. The Morgan fingerprint density at radius 2 is 2.14 bits per heavy atom. The van der Waals surface area contributed by atoms with E-state index >= 15 is 0 Å². The third kappa shape index (κ3) is 4.72. The average molecular weight is 331 g/mol. The number of ether oxygens (including phenoxy) is 1. The number of carbonyl (C=O) groups is 1. The number of carbonyl (C=O) groups excluding carboxylic acids is 1. The molecule has 2 aliphatic rings. The molecule has 1 aliphatic heterocycles. The highest BCUT2D eigenvalue weighted by Gasteiger charge is 2.49. The number of alkyl halides is 3. The molecule has 8 heteroatoms. The zero-order valence-electron chi connectivity index (χ0n) is 11.8. The van der Waals surface area contributed by atoms with E-state index in [4.69, 9.17) is 0 Å². The van der Waals surface area contributed by atoms with Crippen LogP contribution in [0.4, 0.5) is 13.2 Å². The van der Waals surface area contributed by atoms with Gasteiger partial charge in [0, 0.05) is 13.1 Å². The molecule has 2 rings (SSSR count). The second-order valence-corrected chi connectivity index (χ2v) is 5.65. The lowest BCUT2D eigenvalue weighted by molar-refractivity contribution is -0.173. The molecule has 0 unspecified atom stereocenters. The van der Waals surface area contributed by atoms with Crippen LogP contribution in [0.5, 0.6) is 0 Å². The lowest BCUT2D eigenvalue weighted by Crippen LogP contribution is -2.48. The fourth-order valence-electron chi connectivity index (χ4n) is 3.29. The topological polar surface area (TPSA) is 50.4 Å². The van der Waals surface area contributed by atoms with E-state index in [1.807, 2.05) is 0 Å². The highest BCUT2D eigenvalue weighted by Crippen LogP contribution is 2.43. The van der Waals surface area contributed by atoms with Crippen molar-refractivity contribution in [1.29, 1.82) is 0 Å². The molecule has 0 radical (unpaired) electrons. The molecule has 0 aromatic rings. The van der Waals surface area contributed by atoms with Crippen LogP contribution in [0.1, 0.15) is 25.7 Å². The van der Waals surface area contributed by atoms with Gasteiger partial charge in [-0.15, -0.1) is 12.4 Å². The van der Waals surface area contributed by atoms with Crippen LogP contribution in [-0.2, 0) is 9.53 Å². The molecule has 2 N–H and O–H groups in total. The van der Waals surface area contributed by atoms with Gasteiger partial charge in [-0.3, -0.25) is 4.79 Å². The normalized spacial score (nSPS) is 28.6. The maximum Gasteiger partial charge on any atom is 0.411 e. The number of fused-ring (bicyclic) bond motifs is 1. The van der Waals surface area contributed by atoms with Gasteiger partial charge in [0.05, 0.1) is 12.0 Å². The van der Waals surface area contributed by atoms with Crippen molar-refractivity contribution in [2.75, 3.05) is 32.8 Å². The van der Waals surface area contributed by atoms with Crippen LogP contribution in [0, 0.1) is 11.3 Å². The lowest BCUT2D eigenvalue weighted by Gasteiger charge is -2.37. The summed E-state index contributed by atoms with van der Waals surface area (Å²) in [7, 11) is 0. The zero-order valence-corrected chi connectivity index (χ0v) is 12.6. The monoisotopic (exact) mass is 330 g/mol. The molecule has 1 saturated heterocycles. The molecule has 0 aromatic carbocycles. The molecule has 21 heavy (non-hydrogen) atoms. The Balaban J connectivity index is 0.00000220. The number of hydrogen-bond acceptors (Lipinski definition) is 3. The van der Waals surface area contributed by atoms with Crippen molar-refractivity contribution in [1.82, 2.24) is 10.6 Å². The van der Waals surface area contributed by atoms with Crippen LogP contribution in [0.25, 0.3) is 0 Å². The third-order valence-corrected chi connectivity index (χ3v) is 4.29. The molecule has 1 saturated carbocycles. The van der Waals surface area contributed by atoms with Crippen molar-refractivity contribution in [3.05, 3.63) is 0 Å². The molecule has 1 aliphatic carbocycles. The predicted molar refractivity (Wildman–Crippen MR) is 74.4 cm³/mol. The first-order chi connectivity index (χ1) is 9.44. The number of rotatable bonds is 5. The maximum atomic E-state index is 12.3. The summed E-state index contributed by atoms with van der Waals surface area (Å²) in [5.41, 5.74) is -0.359. The van der Waals surface area contributed by atoms with Crippen LogP contribution in [-0.4, -0.2) is 44.9 Å². The summed E-state index contributed by atoms with van der Waals surface area (Å²) in [6.07, 6.45) is -0.219. The summed E-state index contributed by atoms with van der Waals surface area (Å²) in [5.74, 6) is 0.315. The Bertz CT molecular complexity index is 355. The summed E-state index contributed by atoms with van der Waals surface area (Å²) in [6.45, 7) is 0.284. The van der Waals surface area contributed by atoms with Crippen LogP contribution in [0.2, 0.25) is 0 Å². The maximum absolute atomic E-state index is 12.3. The summed E-state index contributed by atoms with van der Waals surface area (Å²) in [6, 6.07) is 0. The molecule has 4 nitrogen and oxygen atoms in total. The molecule has 0 aromatic heterocycles. The quantitative estimate of drug-likeness (QED) is 0.757. The van der Waals surface area contributed by atoms with Gasteiger partial charge in [0.2, 0.25) is 5.91 Å². The van der Waals surface area contributed by atoms with Crippen LogP contribution in [0.3, 0.4) is 0 Å². The standard InChI is InChI=1S/C13H21F3N2O2.ClH/c14-13(15,16)9-20-6-5-18-11(19)12-4-2-1-3-10(12)7-17-8-12;/h10,17H,1-9H2,(H,18,19);1H/t10-,12+;/m0./s1. The third-order valence-electron chi connectivity index (χ3n) is 4.29. The average Bonchev–Trinajstić information content (AvgIpc) is 2.81. The van der Waals surface area contributed by atoms with Gasteiger partial charge >= 0.3 is 6.18 Å². The number of amides is 1. The molecule has 124 valence electrons. The van der Waals surface area contributed by atoms with Gasteiger partial charge in [-0.05, 0) is 25.3 Å². The Hall–Kier alpha value is -0.530. The largest absolute Gasteiger partial charge is 0.411 e. The van der Waals surface area contributed by atoms with Crippen molar-refractivity contribution >= 4 is 18.3 Å². The number of halogens is 4. The fraction of sp³-hybridized carbons (Fsp3) is 0.923. The van der Waals surface area contributed by atoms with Crippen LogP contribution in [0.15, 0.2) is 0 Å². The van der Waals surface area contributed by atoms with E-state index in [0.717, 1.165) is 32.2 Å². The van der Waals surface area contributed by atoms with Crippen molar-refractivity contribution in [3.63, 3.8) is 0 Å². The molecular formula is C13H22ClF3N2O2. The second kappa shape index (κ2) is 7.65. The summed E-state index contributed by atoms with van der Waals surface area (Å²) in [5, 5.41) is 6.00. The number of hydrogen-bond donors (Lipinski definition) is 2. The Kier molecular flexibility index (Phi) is 6.74. The Morgan fingerprint density at radius 3 is 2.86 bits per heavy atom. The minimum absolute atomic E-state index is 0. The Morgan fingerprint density at radius 1 is 1.38 bits per heavy atom. The van der Waals surface area contributed by atoms with Gasteiger partial charge in [-0.2, -0.15) is 13.2 Å². The van der Waals surface area contributed by atoms with E-state index in [0.29, 0.717) is 12.5 Å². The summed E-state index contributed by atoms with van der Waals surface area (Å²) in [4.78, 5) is 12.3. The van der Waals surface area contributed by atoms with E-state index in [2.05, 4.69) is 15.4 Å². The first kappa shape index (κ1) is 18.5. The molecule has 2 atom stereocenters. The van der Waals surface area contributed by atoms with Gasteiger partial charge < -0.3 is 15.4 Å². The molecule has 1 heterocycles. The minimum atomic E-state index is -4.31. The van der Waals surface area contributed by atoms with E-state index < -0.39 is 12.8 Å². The predicted octanol–water partition coefficient (Wildman–Crippen LogP) is 1.88.